The minimum atomic E-state index is -1.48. The van der Waals surface area contributed by atoms with Crippen molar-refractivity contribution < 1.29 is 18.4 Å². The molecule has 1 aromatic heterocycles. The fourth-order valence-electron chi connectivity index (χ4n) is 2.77. The van der Waals surface area contributed by atoms with Gasteiger partial charge in [-0.3, -0.25) is 9.69 Å². The quantitative estimate of drug-likeness (QED) is 0.851. The zero-order valence-corrected chi connectivity index (χ0v) is 13.0. The third-order valence-electron chi connectivity index (χ3n) is 4.07. The molecule has 1 aliphatic rings. The van der Waals surface area contributed by atoms with E-state index in [1.54, 1.807) is 18.7 Å². The molecule has 24 heavy (non-hydrogen) atoms. The highest BCUT2D eigenvalue weighted by molar-refractivity contribution is 6.07. The van der Waals surface area contributed by atoms with E-state index < -0.39 is 29.1 Å². The lowest BCUT2D eigenvalue weighted by Gasteiger charge is -2.22. The van der Waals surface area contributed by atoms with Gasteiger partial charge in [-0.2, -0.15) is 0 Å². The number of urea groups is 1. The Balaban J connectivity index is 1.75. The highest BCUT2D eigenvalue weighted by Crippen LogP contribution is 2.30. The zero-order chi connectivity index (χ0) is 17.3. The number of nitrogens with one attached hydrogen (secondary N) is 1. The predicted molar refractivity (Wildman–Crippen MR) is 80.8 cm³/mol. The summed E-state index contributed by atoms with van der Waals surface area (Å²) in [4.78, 5) is 29.7. The van der Waals surface area contributed by atoms with Crippen molar-refractivity contribution in [2.24, 2.45) is 0 Å². The van der Waals surface area contributed by atoms with Crippen molar-refractivity contribution >= 4 is 11.9 Å². The van der Waals surface area contributed by atoms with Crippen LogP contribution in [-0.4, -0.2) is 32.9 Å². The average molecular weight is 334 g/mol. The molecule has 1 aromatic carbocycles. The third kappa shape index (κ3) is 2.86. The van der Waals surface area contributed by atoms with Gasteiger partial charge >= 0.3 is 6.03 Å². The summed E-state index contributed by atoms with van der Waals surface area (Å²) in [5.74, 6) is -2.12. The van der Waals surface area contributed by atoms with E-state index in [2.05, 4.69) is 10.3 Å². The van der Waals surface area contributed by atoms with Gasteiger partial charge in [-0.25, -0.2) is 18.6 Å². The molecule has 0 radical (unpaired) electrons. The Morgan fingerprint density at radius 1 is 1.17 bits per heavy atom. The largest absolute Gasteiger partial charge is 0.337 e. The van der Waals surface area contributed by atoms with Crippen molar-refractivity contribution in [3.8, 4) is 0 Å². The Labute approximate surface area is 137 Å². The molecule has 1 atom stereocenters. The summed E-state index contributed by atoms with van der Waals surface area (Å²) in [7, 11) is 0. The highest BCUT2D eigenvalue weighted by Gasteiger charge is 2.49. The van der Waals surface area contributed by atoms with E-state index >= 15 is 0 Å². The number of halogens is 2. The number of imidazole rings is 1. The third-order valence-corrected chi connectivity index (χ3v) is 4.07. The van der Waals surface area contributed by atoms with Crippen LogP contribution in [0.15, 0.2) is 36.9 Å². The second-order valence-electron chi connectivity index (χ2n) is 5.82. The fraction of sp³-hybridized carbons (Fsp3) is 0.312. The van der Waals surface area contributed by atoms with Crippen LogP contribution in [0.5, 0.6) is 0 Å². The van der Waals surface area contributed by atoms with Gasteiger partial charge in [0.15, 0.2) is 0 Å². The lowest BCUT2D eigenvalue weighted by Crippen LogP contribution is -2.41. The smallest absolute Gasteiger partial charge is 0.325 e. The van der Waals surface area contributed by atoms with E-state index in [1.807, 2.05) is 4.57 Å². The zero-order valence-electron chi connectivity index (χ0n) is 13.0. The fourth-order valence-corrected chi connectivity index (χ4v) is 2.77. The van der Waals surface area contributed by atoms with Gasteiger partial charge in [-0.1, -0.05) is 0 Å². The standard InChI is InChI=1S/C16H16F2N4O2/c1-16(11-7-12(17)9-13(18)8-11)14(23)22(15(24)20-16)5-2-4-21-6-3-19-10-21/h3,6-10H,2,4-5H2,1H3,(H,20,24)/t16-/m1/s1. The number of carbonyl (C=O) groups is 2. The maximum absolute atomic E-state index is 13.4. The van der Waals surface area contributed by atoms with Crippen molar-refractivity contribution in [3.05, 3.63) is 54.1 Å². The van der Waals surface area contributed by atoms with Gasteiger partial charge in [0.1, 0.15) is 17.2 Å². The van der Waals surface area contributed by atoms with E-state index in [1.165, 1.54) is 6.92 Å². The molecule has 126 valence electrons. The summed E-state index contributed by atoms with van der Waals surface area (Å²) < 4.78 is 28.7. The molecule has 0 saturated carbocycles. The summed E-state index contributed by atoms with van der Waals surface area (Å²) in [6.07, 6.45) is 5.61. The Morgan fingerprint density at radius 2 is 1.88 bits per heavy atom. The molecule has 3 amide bonds. The molecule has 2 heterocycles. The van der Waals surface area contributed by atoms with E-state index in [4.69, 9.17) is 0 Å². The van der Waals surface area contributed by atoms with Crippen LogP contribution in [0.1, 0.15) is 18.9 Å². The van der Waals surface area contributed by atoms with E-state index in [9.17, 15) is 18.4 Å². The van der Waals surface area contributed by atoms with E-state index in [0.717, 1.165) is 23.1 Å². The number of hydrogen-bond acceptors (Lipinski definition) is 3. The van der Waals surface area contributed by atoms with Gasteiger partial charge in [0.2, 0.25) is 0 Å². The molecule has 0 spiro atoms. The monoisotopic (exact) mass is 334 g/mol. The van der Waals surface area contributed by atoms with Crippen molar-refractivity contribution in [2.45, 2.75) is 25.4 Å². The minimum Gasteiger partial charge on any atom is -0.337 e. The molecule has 0 unspecified atom stereocenters. The Kier molecular flexibility index (Phi) is 4.04. The van der Waals surface area contributed by atoms with Gasteiger partial charge in [0.05, 0.1) is 6.33 Å². The summed E-state index contributed by atoms with van der Waals surface area (Å²) in [5, 5.41) is 2.53. The number of aromatic nitrogens is 2. The van der Waals surface area contributed by atoms with Crippen LogP contribution in [0.25, 0.3) is 0 Å². The molecule has 3 rings (SSSR count). The maximum Gasteiger partial charge on any atom is 0.325 e. The minimum absolute atomic E-state index is 0.0791. The van der Waals surface area contributed by atoms with Gasteiger partial charge < -0.3 is 9.88 Å². The van der Waals surface area contributed by atoms with Crippen LogP contribution in [0.4, 0.5) is 13.6 Å². The number of hydrogen-bond donors (Lipinski definition) is 1. The van der Waals surface area contributed by atoms with Crippen molar-refractivity contribution in [1.82, 2.24) is 19.8 Å². The Bertz CT molecular complexity index is 758. The second-order valence-corrected chi connectivity index (χ2v) is 5.82. The van der Waals surface area contributed by atoms with E-state index in [0.29, 0.717) is 13.0 Å². The number of imide groups is 1. The van der Waals surface area contributed by atoms with Crippen LogP contribution in [0, 0.1) is 11.6 Å². The number of carbonyl (C=O) groups excluding carboxylic acids is 2. The Morgan fingerprint density at radius 3 is 2.50 bits per heavy atom. The molecule has 6 nitrogen and oxygen atoms in total. The lowest BCUT2D eigenvalue weighted by atomic mass is 9.92. The highest BCUT2D eigenvalue weighted by atomic mass is 19.1. The van der Waals surface area contributed by atoms with Crippen molar-refractivity contribution in [3.63, 3.8) is 0 Å². The van der Waals surface area contributed by atoms with Crippen molar-refractivity contribution in [2.75, 3.05) is 6.54 Å². The second kappa shape index (κ2) is 6.03. The number of aryl methyl sites for hydroxylation is 1. The summed E-state index contributed by atoms with van der Waals surface area (Å²) in [6.45, 7) is 2.25. The molecule has 1 N–H and O–H groups in total. The average Bonchev–Trinajstić information content (AvgIpc) is 3.09. The first-order chi connectivity index (χ1) is 11.4. The number of rotatable bonds is 5. The van der Waals surface area contributed by atoms with Gasteiger partial charge in [0, 0.05) is 31.5 Å². The maximum atomic E-state index is 13.4. The van der Waals surface area contributed by atoms with Crippen LogP contribution >= 0.6 is 0 Å². The Hall–Kier alpha value is -2.77. The topological polar surface area (TPSA) is 67.2 Å². The molecule has 1 fully saturated rings. The predicted octanol–water partition coefficient (Wildman–Crippen LogP) is 2.02. The molecular weight excluding hydrogens is 318 g/mol. The SMILES string of the molecule is C[C@]1(c2cc(F)cc(F)c2)NC(=O)N(CCCn2ccnc2)C1=O. The summed E-state index contributed by atoms with van der Waals surface area (Å²) in [6, 6.07) is 2.25. The first kappa shape index (κ1) is 16.1. The van der Waals surface area contributed by atoms with Crippen LogP contribution in [-0.2, 0) is 16.9 Å². The van der Waals surface area contributed by atoms with Crippen molar-refractivity contribution in [1.29, 1.82) is 0 Å². The molecule has 1 saturated heterocycles. The lowest BCUT2D eigenvalue weighted by molar-refractivity contribution is -0.131. The number of nitrogens with zero attached hydrogens (tertiary/aromatic N) is 3. The van der Waals surface area contributed by atoms with Gasteiger partial charge in [-0.05, 0) is 31.0 Å². The normalized spacial score (nSPS) is 20.5. The van der Waals surface area contributed by atoms with Gasteiger partial charge in [-0.15, -0.1) is 0 Å². The first-order valence-corrected chi connectivity index (χ1v) is 7.46. The van der Waals surface area contributed by atoms with Crippen LogP contribution in [0.2, 0.25) is 0 Å². The van der Waals surface area contributed by atoms with Gasteiger partial charge in [0.25, 0.3) is 5.91 Å². The number of amides is 3. The van der Waals surface area contributed by atoms with E-state index in [-0.39, 0.29) is 12.1 Å². The molecule has 8 heteroatoms. The molecular formula is C16H16F2N4O2. The molecule has 0 aliphatic carbocycles. The number of benzene rings is 1. The molecule has 0 bridgehead atoms. The first-order valence-electron chi connectivity index (χ1n) is 7.46. The molecule has 1 aliphatic heterocycles. The van der Waals surface area contributed by atoms with Crippen LogP contribution in [0.3, 0.4) is 0 Å². The molecule has 2 aromatic rings. The summed E-state index contributed by atoms with van der Waals surface area (Å²) >= 11 is 0. The van der Waals surface area contributed by atoms with Crippen LogP contribution < -0.4 is 5.32 Å². The summed E-state index contributed by atoms with van der Waals surface area (Å²) in [5.41, 5.74) is -1.40.